The number of nitrogens with zero attached hydrogens (tertiary/aromatic N) is 2. The molecule has 0 aliphatic rings. The number of amides is 2. The van der Waals surface area contributed by atoms with Crippen LogP contribution in [0.5, 0.6) is 0 Å². The van der Waals surface area contributed by atoms with Gasteiger partial charge in [0.15, 0.2) is 0 Å². The SMILES string of the molecule is CNc1cc2[nH]c(=O)n(-c3ccc(NC(=O)N=S(=O)=O)cc3)c(=O)c2cc1F.Clc1cccs1. The van der Waals surface area contributed by atoms with Crippen LogP contribution >= 0.6 is 22.9 Å². The second-order valence-corrected chi connectivity index (χ2v) is 8.60. The number of H-pyrrole nitrogens is 1. The van der Waals surface area contributed by atoms with Crippen LogP contribution in [-0.4, -0.2) is 31.0 Å². The predicted molar refractivity (Wildman–Crippen MR) is 129 cm³/mol. The van der Waals surface area contributed by atoms with Crippen LogP contribution < -0.4 is 21.9 Å². The maximum atomic E-state index is 14.0. The molecule has 2 aromatic carbocycles. The fourth-order valence-electron chi connectivity index (χ4n) is 2.83. The summed E-state index contributed by atoms with van der Waals surface area (Å²) in [5.74, 6) is -0.650. The Labute approximate surface area is 201 Å². The van der Waals surface area contributed by atoms with E-state index in [-0.39, 0.29) is 28.0 Å². The van der Waals surface area contributed by atoms with Gasteiger partial charge in [0, 0.05) is 12.7 Å². The van der Waals surface area contributed by atoms with Crippen molar-refractivity contribution in [1.82, 2.24) is 9.55 Å². The highest BCUT2D eigenvalue weighted by Gasteiger charge is 2.13. The van der Waals surface area contributed by atoms with E-state index in [9.17, 15) is 27.2 Å². The van der Waals surface area contributed by atoms with E-state index in [1.54, 1.807) is 11.3 Å². The van der Waals surface area contributed by atoms with E-state index in [0.717, 1.165) is 15.0 Å². The molecular weight excluding hydrogens is 509 g/mol. The Morgan fingerprint density at radius 1 is 1.18 bits per heavy atom. The number of carbonyl (C=O) groups is 1. The molecule has 14 heteroatoms. The quantitative estimate of drug-likeness (QED) is 0.372. The number of urea groups is 1. The molecule has 0 radical (unpaired) electrons. The van der Waals surface area contributed by atoms with Gasteiger partial charge in [-0.2, -0.15) is 8.42 Å². The summed E-state index contributed by atoms with van der Waals surface area (Å²) in [4.78, 5) is 38.9. The van der Waals surface area contributed by atoms with Crippen molar-refractivity contribution < 1.29 is 17.6 Å². The molecule has 10 nitrogen and oxygen atoms in total. The molecular formula is C20H15ClFN5O5S2. The number of aromatic amines is 1. The first-order chi connectivity index (χ1) is 16.2. The lowest BCUT2D eigenvalue weighted by atomic mass is 10.2. The minimum absolute atomic E-state index is 0.0230. The van der Waals surface area contributed by atoms with Crippen molar-refractivity contribution in [2.75, 3.05) is 17.7 Å². The Hall–Kier alpha value is -3.81. The van der Waals surface area contributed by atoms with Gasteiger partial charge in [-0.15, -0.1) is 11.3 Å². The van der Waals surface area contributed by atoms with Gasteiger partial charge < -0.3 is 15.6 Å². The summed E-state index contributed by atoms with van der Waals surface area (Å²) in [6.07, 6.45) is 0. The number of halogens is 2. The highest BCUT2D eigenvalue weighted by molar-refractivity contribution is 7.62. The van der Waals surface area contributed by atoms with E-state index in [2.05, 4.69) is 20.0 Å². The van der Waals surface area contributed by atoms with E-state index >= 15 is 0 Å². The van der Waals surface area contributed by atoms with Crippen LogP contribution in [0, 0.1) is 5.82 Å². The van der Waals surface area contributed by atoms with Gasteiger partial charge in [0.05, 0.1) is 26.6 Å². The minimum Gasteiger partial charge on any atom is -0.386 e. The number of thiophene rings is 1. The van der Waals surface area contributed by atoms with Gasteiger partial charge >= 0.3 is 22.2 Å². The van der Waals surface area contributed by atoms with E-state index < -0.39 is 33.6 Å². The summed E-state index contributed by atoms with van der Waals surface area (Å²) in [5, 5.41) is 6.75. The normalized spacial score (nSPS) is 10.2. The van der Waals surface area contributed by atoms with E-state index in [1.807, 2.05) is 17.5 Å². The maximum absolute atomic E-state index is 14.0. The highest BCUT2D eigenvalue weighted by Crippen LogP contribution is 2.19. The third kappa shape index (κ3) is 5.95. The van der Waals surface area contributed by atoms with Crippen LogP contribution in [0.25, 0.3) is 16.6 Å². The average Bonchev–Trinajstić information content (AvgIpc) is 3.26. The van der Waals surface area contributed by atoms with Gasteiger partial charge in [-0.25, -0.2) is 18.5 Å². The Bertz CT molecular complexity index is 1590. The van der Waals surface area contributed by atoms with Crippen LogP contribution in [0.4, 0.5) is 20.6 Å². The summed E-state index contributed by atoms with van der Waals surface area (Å²) in [5.41, 5.74) is -0.807. The molecule has 0 atom stereocenters. The van der Waals surface area contributed by atoms with Crippen LogP contribution in [-0.2, 0) is 10.5 Å². The number of fused-ring (bicyclic) bond motifs is 1. The summed E-state index contributed by atoms with van der Waals surface area (Å²) >= 11 is 7.02. The molecule has 0 unspecified atom stereocenters. The first-order valence-electron chi connectivity index (χ1n) is 9.27. The summed E-state index contributed by atoms with van der Waals surface area (Å²) in [6.45, 7) is 0. The smallest absolute Gasteiger partial charge is 0.360 e. The van der Waals surface area contributed by atoms with Crippen molar-refractivity contribution in [3.8, 4) is 5.69 Å². The number of carbonyl (C=O) groups excluding carboxylic acids is 1. The summed E-state index contributed by atoms with van der Waals surface area (Å²) < 4.78 is 39.1. The predicted octanol–water partition coefficient (Wildman–Crippen LogP) is 3.86. The second-order valence-electron chi connectivity index (χ2n) is 6.40. The fourth-order valence-corrected chi connectivity index (χ4v) is 3.68. The lowest BCUT2D eigenvalue weighted by Gasteiger charge is -2.09. The van der Waals surface area contributed by atoms with Gasteiger partial charge in [-0.3, -0.25) is 4.79 Å². The number of hydrogen-bond acceptors (Lipinski definition) is 7. The molecule has 3 N–H and O–H groups in total. The number of anilines is 2. The first kappa shape index (κ1) is 24.8. The zero-order valence-corrected chi connectivity index (χ0v) is 19.6. The summed E-state index contributed by atoms with van der Waals surface area (Å²) in [7, 11) is -1.38. The van der Waals surface area contributed by atoms with Crippen LogP contribution in [0.15, 0.2) is 67.9 Å². The largest absolute Gasteiger partial charge is 0.386 e. The maximum Gasteiger partial charge on any atom is 0.360 e. The third-order valence-electron chi connectivity index (χ3n) is 4.28. The van der Waals surface area contributed by atoms with Crippen molar-refractivity contribution in [3.63, 3.8) is 0 Å². The van der Waals surface area contributed by atoms with Crippen molar-refractivity contribution in [1.29, 1.82) is 0 Å². The molecule has 2 aromatic heterocycles. The molecule has 0 bridgehead atoms. The molecule has 0 aliphatic heterocycles. The number of rotatable bonds is 3. The number of aromatic nitrogens is 2. The van der Waals surface area contributed by atoms with Crippen LogP contribution in [0.2, 0.25) is 4.34 Å². The minimum atomic E-state index is -2.89. The molecule has 176 valence electrons. The Morgan fingerprint density at radius 3 is 2.41 bits per heavy atom. The topological polar surface area (TPSA) is 142 Å². The first-order valence-corrected chi connectivity index (χ1v) is 11.6. The fraction of sp³-hybridized carbons (Fsp3) is 0.0500. The standard InChI is InChI=1S/C16H12FN5O5S.C4H3ClS/c1-18-13-7-12-10(6-11(13)17)14(23)22(16(25)20-12)9-4-2-8(3-5-9)19-15(24)21-28(26)27;5-4-2-1-3-6-4/h2-7,18H,1H3,(H,19,24)(H,20,25);1-3H. The summed E-state index contributed by atoms with van der Waals surface area (Å²) in [6, 6.07) is 10.4. The van der Waals surface area contributed by atoms with Crippen LogP contribution in [0.1, 0.15) is 0 Å². The molecule has 0 saturated carbocycles. The third-order valence-corrected chi connectivity index (χ3v) is 5.64. The second kappa shape index (κ2) is 10.9. The van der Waals surface area contributed by atoms with Gasteiger partial charge in [-0.1, -0.05) is 16.0 Å². The zero-order chi connectivity index (χ0) is 24.8. The monoisotopic (exact) mass is 523 g/mol. The van der Waals surface area contributed by atoms with Crippen LogP contribution in [0.3, 0.4) is 0 Å². The number of hydrogen-bond donors (Lipinski definition) is 3. The molecule has 2 amide bonds. The molecule has 34 heavy (non-hydrogen) atoms. The van der Waals surface area contributed by atoms with Gasteiger partial charge in [0.1, 0.15) is 5.82 Å². The molecule has 0 spiro atoms. The average molecular weight is 524 g/mol. The number of benzene rings is 2. The molecule has 4 rings (SSSR count). The van der Waals surface area contributed by atoms with Gasteiger partial charge in [0.2, 0.25) is 0 Å². The number of nitrogens with one attached hydrogen (secondary N) is 3. The van der Waals surface area contributed by atoms with E-state index in [0.29, 0.717) is 0 Å². The highest BCUT2D eigenvalue weighted by atomic mass is 35.5. The van der Waals surface area contributed by atoms with E-state index in [4.69, 9.17) is 11.6 Å². The van der Waals surface area contributed by atoms with Gasteiger partial charge in [-0.05, 0) is 53.9 Å². The van der Waals surface area contributed by atoms with Crippen molar-refractivity contribution in [2.24, 2.45) is 4.36 Å². The molecule has 2 heterocycles. The molecule has 0 fully saturated rings. The van der Waals surface area contributed by atoms with Crippen molar-refractivity contribution in [2.45, 2.75) is 0 Å². The molecule has 0 aliphatic carbocycles. The molecule has 4 aromatic rings. The molecule has 0 saturated heterocycles. The van der Waals surface area contributed by atoms with Gasteiger partial charge in [0.25, 0.3) is 5.56 Å². The van der Waals surface area contributed by atoms with E-state index in [1.165, 1.54) is 37.4 Å². The Kier molecular flexibility index (Phi) is 7.94. The zero-order valence-electron chi connectivity index (χ0n) is 17.2. The Balaban J connectivity index is 0.000000469. The lowest BCUT2D eigenvalue weighted by molar-refractivity contribution is 0.260. The van der Waals surface area contributed by atoms with Crippen molar-refractivity contribution in [3.05, 3.63) is 84.9 Å². The lowest BCUT2D eigenvalue weighted by Crippen LogP contribution is -2.33. The Morgan fingerprint density at radius 2 is 1.88 bits per heavy atom. The van der Waals surface area contributed by atoms with Crippen molar-refractivity contribution >= 4 is 61.7 Å².